The summed E-state index contributed by atoms with van der Waals surface area (Å²) in [5.41, 5.74) is 5.35. The molecule has 15 heavy (non-hydrogen) atoms. The Morgan fingerprint density at radius 2 is 2.07 bits per heavy atom. The minimum Gasteiger partial charge on any atom is -0.330 e. The van der Waals surface area contributed by atoms with Crippen molar-refractivity contribution in [2.75, 3.05) is 18.8 Å². The van der Waals surface area contributed by atoms with Crippen LogP contribution in [0.4, 0.5) is 0 Å². The van der Waals surface area contributed by atoms with Crippen molar-refractivity contribution < 1.29 is 8.42 Å². The van der Waals surface area contributed by atoms with Crippen LogP contribution < -0.4 is 5.73 Å². The molecule has 0 bridgehead atoms. The normalized spacial score (nSPS) is 25.1. The van der Waals surface area contributed by atoms with Gasteiger partial charge in [0.2, 0.25) is 10.0 Å². The van der Waals surface area contributed by atoms with E-state index in [1.807, 2.05) is 6.92 Å². The lowest BCUT2D eigenvalue weighted by molar-refractivity contribution is 0.342. The van der Waals surface area contributed by atoms with Gasteiger partial charge in [-0.05, 0) is 32.7 Å². The summed E-state index contributed by atoms with van der Waals surface area (Å²) >= 11 is 0. The quantitative estimate of drug-likeness (QED) is 0.787. The third-order valence-electron chi connectivity index (χ3n) is 2.96. The molecular weight excluding hydrogens is 212 g/mol. The van der Waals surface area contributed by atoms with Gasteiger partial charge >= 0.3 is 0 Å². The van der Waals surface area contributed by atoms with Crippen LogP contribution in [0.1, 0.15) is 39.0 Å². The van der Waals surface area contributed by atoms with E-state index in [1.54, 1.807) is 4.31 Å². The van der Waals surface area contributed by atoms with Crippen molar-refractivity contribution in [1.82, 2.24) is 4.31 Å². The van der Waals surface area contributed by atoms with Gasteiger partial charge in [-0.3, -0.25) is 0 Å². The molecule has 0 spiro atoms. The summed E-state index contributed by atoms with van der Waals surface area (Å²) < 4.78 is 25.6. The van der Waals surface area contributed by atoms with Crippen molar-refractivity contribution in [3.8, 4) is 0 Å². The van der Waals surface area contributed by atoms with Crippen LogP contribution >= 0.6 is 0 Å². The highest BCUT2D eigenvalue weighted by molar-refractivity contribution is 7.89. The highest BCUT2D eigenvalue weighted by atomic mass is 32.2. The minimum atomic E-state index is -3.06. The molecule has 0 radical (unpaired) electrons. The second-order valence-corrected chi connectivity index (χ2v) is 6.31. The molecule has 0 aromatic heterocycles. The number of sulfonamides is 1. The second kappa shape index (κ2) is 5.82. The van der Waals surface area contributed by atoms with E-state index in [4.69, 9.17) is 5.73 Å². The van der Waals surface area contributed by atoms with E-state index in [0.717, 1.165) is 25.7 Å². The summed E-state index contributed by atoms with van der Waals surface area (Å²) in [6.45, 7) is 3.14. The maximum absolute atomic E-state index is 12.0. The average Bonchev–Trinajstić information content (AvgIpc) is 2.40. The molecular formula is C10H22N2O2S. The number of rotatable bonds is 4. The van der Waals surface area contributed by atoms with E-state index >= 15 is 0 Å². The van der Waals surface area contributed by atoms with Gasteiger partial charge in [0.15, 0.2) is 0 Å². The molecule has 0 amide bonds. The second-order valence-electron chi connectivity index (χ2n) is 4.27. The highest BCUT2D eigenvalue weighted by Gasteiger charge is 2.27. The summed E-state index contributed by atoms with van der Waals surface area (Å²) in [7, 11) is -3.06. The Balaban J connectivity index is 2.65. The predicted molar refractivity (Wildman–Crippen MR) is 62.1 cm³/mol. The monoisotopic (exact) mass is 234 g/mol. The summed E-state index contributed by atoms with van der Waals surface area (Å²) in [6, 6.07) is 0.162. The predicted octanol–water partition coefficient (Wildman–Crippen LogP) is 0.929. The van der Waals surface area contributed by atoms with E-state index in [9.17, 15) is 8.42 Å². The molecule has 1 rings (SSSR count). The Morgan fingerprint density at radius 1 is 1.33 bits per heavy atom. The first-order valence-electron chi connectivity index (χ1n) is 5.77. The van der Waals surface area contributed by atoms with Gasteiger partial charge in [0.1, 0.15) is 0 Å². The molecule has 1 aliphatic heterocycles. The van der Waals surface area contributed by atoms with Crippen LogP contribution in [0.5, 0.6) is 0 Å². The molecule has 1 unspecified atom stereocenters. The van der Waals surface area contributed by atoms with E-state index in [1.165, 1.54) is 0 Å². The largest absolute Gasteiger partial charge is 0.330 e. The maximum Gasteiger partial charge on any atom is 0.214 e. The Morgan fingerprint density at radius 3 is 2.73 bits per heavy atom. The minimum absolute atomic E-state index is 0.162. The lowest BCUT2D eigenvalue weighted by atomic mass is 10.1. The Kier molecular flexibility index (Phi) is 5.02. The Labute approximate surface area is 92.9 Å². The van der Waals surface area contributed by atoms with Crippen molar-refractivity contribution >= 4 is 10.0 Å². The zero-order valence-corrected chi connectivity index (χ0v) is 10.3. The first-order valence-corrected chi connectivity index (χ1v) is 7.38. The van der Waals surface area contributed by atoms with Crippen LogP contribution in [0, 0.1) is 0 Å². The fraction of sp³-hybridized carbons (Fsp3) is 1.00. The van der Waals surface area contributed by atoms with E-state index in [2.05, 4.69) is 0 Å². The van der Waals surface area contributed by atoms with Crippen molar-refractivity contribution in [2.45, 2.75) is 45.1 Å². The van der Waals surface area contributed by atoms with Crippen LogP contribution in [0.2, 0.25) is 0 Å². The molecule has 1 fully saturated rings. The van der Waals surface area contributed by atoms with Gasteiger partial charge < -0.3 is 5.73 Å². The number of hydrogen-bond acceptors (Lipinski definition) is 3. The molecule has 1 saturated heterocycles. The molecule has 5 heteroatoms. The fourth-order valence-corrected chi connectivity index (χ4v) is 3.87. The average molecular weight is 234 g/mol. The van der Waals surface area contributed by atoms with Crippen LogP contribution in [0.3, 0.4) is 0 Å². The van der Waals surface area contributed by atoms with Gasteiger partial charge in [-0.15, -0.1) is 0 Å². The summed E-state index contributed by atoms with van der Waals surface area (Å²) in [6.07, 6.45) is 4.83. The maximum atomic E-state index is 12.0. The smallest absolute Gasteiger partial charge is 0.214 e. The van der Waals surface area contributed by atoms with E-state index in [0.29, 0.717) is 19.5 Å². The molecule has 0 saturated carbocycles. The van der Waals surface area contributed by atoms with Gasteiger partial charge in [0, 0.05) is 12.6 Å². The lowest BCUT2D eigenvalue weighted by Gasteiger charge is -2.26. The SMILES string of the molecule is CC1CCCCCN1S(=O)(=O)CCCN. The van der Waals surface area contributed by atoms with E-state index in [-0.39, 0.29) is 11.8 Å². The van der Waals surface area contributed by atoms with Crippen LogP contribution in [-0.2, 0) is 10.0 Å². The Hall–Kier alpha value is -0.130. The first-order chi connectivity index (χ1) is 7.08. The van der Waals surface area contributed by atoms with Crippen LogP contribution in [-0.4, -0.2) is 37.6 Å². The number of hydrogen-bond donors (Lipinski definition) is 1. The number of nitrogens with two attached hydrogens (primary N) is 1. The lowest BCUT2D eigenvalue weighted by Crippen LogP contribution is -2.39. The third-order valence-corrected chi connectivity index (χ3v) is 5.02. The summed E-state index contributed by atoms with van der Waals surface area (Å²) in [5.74, 6) is 0.202. The molecule has 90 valence electrons. The molecule has 1 aliphatic rings. The molecule has 0 aliphatic carbocycles. The van der Waals surface area contributed by atoms with Crippen molar-refractivity contribution in [1.29, 1.82) is 0 Å². The van der Waals surface area contributed by atoms with Crippen molar-refractivity contribution in [3.05, 3.63) is 0 Å². The van der Waals surface area contributed by atoms with Crippen molar-refractivity contribution in [3.63, 3.8) is 0 Å². The van der Waals surface area contributed by atoms with Crippen molar-refractivity contribution in [2.24, 2.45) is 5.73 Å². The van der Waals surface area contributed by atoms with Gasteiger partial charge in [-0.1, -0.05) is 12.8 Å². The van der Waals surface area contributed by atoms with E-state index < -0.39 is 10.0 Å². The van der Waals surface area contributed by atoms with Gasteiger partial charge in [-0.25, -0.2) is 8.42 Å². The first kappa shape index (κ1) is 12.9. The molecule has 2 N–H and O–H groups in total. The topological polar surface area (TPSA) is 63.4 Å². The zero-order chi connectivity index (χ0) is 11.3. The molecule has 1 heterocycles. The van der Waals surface area contributed by atoms with Gasteiger partial charge in [0.25, 0.3) is 0 Å². The Bertz CT molecular complexity index is 277. The van der Waals surface area contributed by atoms with Crippen LogP contribution in [0.25, 0.3) is 0 Å². The molecule has 0 aromatic rings. The van der Waals surface area contributed by atoms with Crippen LogP contribution in [0.15, 0.2) is 0 Å². The summed E-state index contributed by atoms with van der Waals surface area (Å²) in [4.78, 5) is 0. The molecule has 1 atom stereocenters. The highest BCUT2D eigenvalue weighted by Crippen LogP contribution is 2.20. The zero-order valence-electron chi connectivity index (χ0n) is 9.48. The summed E-state index contributed by atoms with van der Waals surface area (Å²) in [5, 5.41) is 0. The standard InChI is InChI=1S/C10H22N2O2S/c1-10-6-3-2-4-8-12(10)15(13,14)9-5-7-11/h10H,2-9,11H2,1H3. The molecule has 4 nitrogen and oxygen atoms in total. The van der Waals surface area contributed by atoms with Gasteiger partial charge in [-0.2, -0.15) is 4.31 Å². The number of nitrogens with zero attached hydrogens (tertiary/aromatic N) is 1. The van der Waals surface area contributed by atoms with Gasteiger partial charge in [0.05, 0.1) is 5.75 Å². The molecule has 0 aromatic carbocycles. The fourth-order valence-electron chi connectivity index (χ4n) is 2.04. The third kappa shape index (κ3) is 3.74.